The zero-order valence-electron chi connectivity index (χ0n) is 14.6. The Hall–Kier alpha value is -2.19. The number of halogens is 1. The van der Waals surface area contributed by atoms with Crippen LogP contribution in [0.1, 0.15) is 10.4 Å². The molecule has 1 aromatic heterocycles. The van der Waals surface area contributed by atoms with E-state index in [0.29, 0.717) is 37.7 Å². The summed E-state index contributed by atoms with van der Waals surface area (Å²) >= 11 is 3.39. The molecule has 26 heavy (non-hydrogen) atoms. The SMILES string of the molecule is COCCOc1ccc(N2CCN(C(=O)c3ccc(Br)cc3)CC2)nn1. The van der Waals surface area contributed by atoms with Crippen molar-refractivity contribution in [2.75, 3.05) is 51.4 Å². The van der Waals surface area contributed by atoms with Crippen molar-refractivity contribution < 1.29 is 14.3 Å². The van der Waals surface area contributed by atoms with Gasteiger partial charge in [-0.25, -0.2) is 0 Å². The molecule has 1 aliphatic rings. The van der Waals surface area contributed by atoms with Crippen molar-refractivity contribution in [3.63, 3.8) is 0 Å². The van der Waals surface area contributed by atoms with Crippen molar-refractivity contribution in [1.29, 1.82) is 0 Å². The molecule has 0 unspecified atom stereocenters. The number of hydrogen-bond donors (Lipinski definition) is 0. The molecule has 0 saturated carbocycles. The van der Waals surface area contributed by atoms with Gasteiger partial charge in [0.2, 0.25) is 5.88 Å². The molecule has 0 N–H and O–H groups in total. The van der Waals surface area contributed by atoms with E-state index < -0.39 is 0 Å². The van der Waals surface area contributed by atoms with Gasteiger partial charge in [-0.2, -0.15) is 0 Å². The third kappa shape index (κ3) is 4.70. The van der Waals surface area contributed by atoms with Crippen LogP contribution < -0.4 is 9.64 Å². The van der Waals surface area contributed by atoms with Crippen LogP contribution in [0.25, 0.3) is 0 Å². The summed E-state index contributed by atoms with van der Waals surface area (Å²) in [7, 11) is 1.62. The van der Waals surface area contributed by atoms with Gasteiger partial charge in [0.1, 0.15) is 6.61 Å². The maximum absolute atomic E-state index is 12.6. The molecule has 1 saturated heterocycles. The molecule has 0 radical (unpaired) electrons. The first-order valence-electron chi connectivity index (χ1n) is 8.42. The molecule has 7 nitrogen and oxygen atoms in total. The second-order valence-corrected chi connectivity index (χ2v) is 6.77. The van der Waals surface area contributed by atoms with Crippen LogP contribution in [-0.4, -0.2) is 67.5 Å². The van der Waals surface area contributed by atoms with Crippen LogP contribution in [0.2, 0.25) is 0 Å². The number of benzene rings is 1. The van der Waals surface area contributed by atoms with Crippen LogP contribution in [0.3, 0.4) is 0 Å². The van der Waals surface area contributed by atoms with Crippen LogP contribution in [0.5, 0.6) is 5.88 Å². The summed E-state index contributed by atoms with van der Waals surface area (Å²) in [6, 6.07) is 11.1. The fourth-order valence-electron chi connectivity index (χ4n) is 2.70. The lowest BCUT2D eigenvalue weighted by Gasteiger charge is -2.35. The van der Waals surface area contributed by atoms with E-state index in [0.717, 1.165) is 23.4 Å². The average molecular weight is 421 g/mol. The number of aromatic nitrogens is 2. The molecule has 1 fully saturated rings. The highest BCUT2D eigenvalue weighted by atomic mass is 79.9. The van der Waals surface area contributed by atoms with Crippen molar-refractivity contribution in [2.45, 2.75) is 0 Å². The Morgan fingerprint density at radius 2 is 1.77 bits per heavy atom. The lowest BCUT2D eigenvalue weighted by atomic mass is 10.2. The summed E-state index contributed by atoms with van der Waals surface area (Å²) in [5.41, 5.74) is 0.707. The number of anilines is 1. The number of rotatable bonds is 6. The van der Waals surface area contributed by atoms with E-state index >= 15 is 0 Å². The van der Waals surface area contributed by atoms with Gasteiger partial charge >= 0.3 is 0 Å². The number of ether oxygens (including phenoxy) is 2. The predicted molar refractivity (Wildman–Crippen MR) is 102 cm³/mol. The van der Waals surface area contributed by atoms with Crippen LogP contribution in [0.15, 0.2) is 40.9 Å². The van der Waals surface area contributed by atoms with E-state index in [1.54, 1.807) is 13.2 Å². The van der Waals surface area contributed by atoms with Crippen molar-refractivity contribution in [1.82, 2.24) is 15.1 Å². The molecule has 3 rings (SSSR count). The molecule has 0 aliphatic carbocycles. The van der Waals surface area contributed by atoms with Crippen molar-refractivity contribution in [2.24, 2.45) is 0 Å². The van der Waals surface area contributed by atoms with E-state index in [2.05, 4.69) is 31.0 Å². The number of carbonyl (C=O) groups is 1. The Morgan fingerprint density at radius 1 is 1.04 bits per heavy atom. The van der Waals surface area contributed by atoms with Gasteiger partial charge in [0, 0.05) is 49.4 Å². The molecule has 1 amide bonds. The van der Waals surface area contributed by atoms with Crippen LogP contribution in [0.4, 0.5) is 5.82 Å². The van der Waals surface area contributed by atoms with Gasteiger partial charge in [-0.1, -0.05) is 15.9 Å². The Labute approximate surface area is 161 Å². The number of carbonyl (C=O) groups excluding carboxylic acids is 1. The lowest BCUT2D eigenvalue weighted by Crippen LogP contribution is -2.49. The molecule has 138 valence electrons. The molecule has 2 heterocycles. The van der Waals surface area contributed by atoms with Gasteiger partial charge in [0.15, 0.2) is 5.82 Å². The molecule has 1 aromatic carbocycles. The minimum absolute atomic E-state index is 0.0603. The van der Waals surface area contributed by atoms with E-state index in [1.807, 2.05) is 35.2 Å². The maximum atomic E-state index is 12.6. The first-order chi connectivity index (χ1) is 12.7. The third-order valence-corrected chi connectivity index (χ3v) is 4.67. The van der Waals surface area contributed by atoms with Crippen LogP contribution in [0, 0.1) is 0 Å². The van der Waals surface area contributed by atoms with Crippen LogP contribution in [-0.2, 0) is 4.74 Å². The van der Waals surface area contributed by atoms with Gasteiger partial charge in [-0.15, -0.1) is 10.2 Å². The number of hydrogen-bond acceptors (Lipinski definition) is 6. The van der Waals surface area contributed by atoms with Gasteiger partial charge in [-0.3, -0.25) is 4.79 Å². The van der Waals surface area contributed by atoms with Gasteiger partial charge in [0.25, 0.3) is 5.91 Å². The quantitative estimate of drug-likeness (QED) is 0.667. The normalized spacial score (nSPS) is 14.4. The summed E-state index contributed by atoms with van der Waals surface area (Å²) in [6.45, 7) is 3.71. The second kappa shape index (κ2) is 8.95. The Bertz CT molecular complexity index is 716. The number of piperazine rings is 1. The first kappa shape index (κ1) is 18.6. The molecular formula is C18H21BrN4O3. The fourth-order valence-corrected chi connectivity index (χ4v) is 2.97. The minimum Gasteiger partial charge on any atom is -0.474 e. The van der Waals surface area contributed by atoms with E-state index in [1.165, 1.54) is 0 Å². The maximum Gasteiger partial charge on any atom is 0.253 e. The van der Waals surface area contributed by atoms with Crippen LogP contribution >= 0.6 is 15.9 Å². The zero-order valence-corrected chi connectivity index (χ0v) is 16.2. The molecular weight excluding hydrogens is 400 g/mol. The average Bonchev–Trinajstić information content (AvgIpc) is 2.69. The number of amides is 1. The summed E-state index contributed by atoms with van der Waals surface area (Å²) in [6.07, 6.45) is 0. The minimum atomic E-state index is 0.0603. The Morgan fingerprint density at radius 3 is 2.38 bits per heavy atom. The molecule has 0 spiro atoms. The molecule has 0 bridgehead atoms. The second-order valence-electron chi connectivity index (χ2n) is 5.86. The third-order valence-electron chi connectivity index (χ3n) is 4.15. The highest BCUT2D eigenvalue weighted by Crippen LogP contribution is 2.17. The Balaban J connectivity index is 1.53. The molecule has 8 heteroatoms. The van der Waals surface area contributed by atoms with Gasteiger partial charge in [0.05, 0.1) is 6.61 Å². The first-order valence-corrected chi connectivity index (χ1v) is 9.22. The highest BCUT2D eigenvalue weighted by Gasteiger charge is 2.23. The largest absolute Gasteiger partial charge is 0.474 e. The van der Waals surface area contributed by atoms with E-state index in [-0.39, 0.29) is 5.91 Å². The topological polar surface area (TPSA) is 67.8 Å². The standard InChI is InChI=1S/C18H21BrN4O3/c1-25-12-13-26-17-7-6-16(20-21-17)22-8-10-23(11-9-22)18(24)14-2-4-15(19)5-3-14/h2-7H,8-13H2,1H3. The summed E-state index contributed by atoms with van der Waals surface area (Å²) < 4.78 is 11.3. The summed E-state index contributed by atoms with van der Waals surface area (Å²) in [4.78, 5) is 16.6. The highest BCUT2D eigenvalue weighted by molar-refractivity contribution is 9.10. The van der Waals surface area contributed by atoms with Crippen molar-refractivity contribution in [3.05, 3.63) is 46.4 Å². The van der Waals surface area contributed by atoms with Crippen molar-refractivity contribution in [3.8, 4) is 5.88 Å². The zero-order chi connectivity index (χ0) is 18.4. The molecule has 2 aromatic rings. The predicted octanol–water partition coefficient (Wildman–Crippen LogP) is 2.23. The monoisotopic (exact) mass is 420 g/mol. The fraction of sp³-hybridized carbons (Fsp3) is 0.389. The summed E-state index contributed by atoms with van der Waals surface area (Å²) in [5.74, 6) is 1.33. The smallest absolute Gasteiger partial charge is 0.253 e. The van der Waals surface area contributed by atoms with E-state index in [4.69, 9.17) is 9.47 Å². The molecule has 1 aliphatic heterocycles. The Kier molecular flexibility index (Phi) is 6.40. The molecule has 0 atom stereocenters. The number of methoxy groups -OCH3 is 1. The van der Waals surface area contributed by atoms with Crippen molar-refractivity contribution >= 4 is 27.7 Å². The lowest BCUT2D eigenvalue weighted by molar-refractivity contribution is 0.0746. The van der Waals surface area contributed by atoms with Gasteiger partial charge < -0.3 is 19.3 Å². The van der Waals surface area contributed by atoms with Gasteiger partial charge in [-0.05, 0) is 30.3 Å². The summed E-state index contributed by atoms with van der Waals surface area (Å²) in [5, 5.41) is 8.30. The van der Waals surface area contributed by atoms with E-state index in [9.17, 15) is 4.79 Å². The number of nitrogens with zero attached hydrogens (tertiary/aromatic N) is 4.